The number of nitrogens with zero attached hydrogens (tertiary/aromatic N) is 1. The molecule has 0 saturated heterocycles. The standard InChI is InChI=1S/C12H15N3O3S2/c1-7-8(2)19-12(14-7)15-20(16,17)11-6-9(13)4-5-10(11)18-3/h4-6H,13H2,1-3H3,(H,14,15). The zero-order chi connectivity index (χ0) is 14.9. The summed E-state index contributed by atoms with van der Waals surface area (Å²) in [6, 6.07) is 4.45. The summed E-state index contributed by atoms with van der Waals surface area (Å²) in [6.45, 7) is 3.70. The van der Waals surface area contributed by atoms with Crippen molar-refractivity contribution < 1.29 is 13.2 Å². The summed E-state index contributed by atoms with van der Waals surface area (Å²) in [5.41, 5.74) is 6.78. The van der Waals surface area contributed by atoms with Crippen LogP contribution >= 0.6 is 11.3 Å². The summed E-state index contributed by atoms with van der Waals surface area (Å²) in [7, 11) is -2.38. The molecule has 0 bridgehead atoms. The van der Waals surface area contributed by atoms with Gasteiger partial charge in [-0.3, -0.25) is 4.72 Å². The fraction of sp³-hybridized carbons (Fsp3) is 0.250. The van der Waals surface area contributed by atoms with Crippen LogP contribution in [-0.2, 0) is 10.0 Å². The van der Waals surface area contributed by atoms with Crippen LogP contribution in [0, 0.1) is 13.8 Å². The highest BCUT2D eigenvalue weighted by atomic mass is 32.2. The van der Waals surface area contributed by atoms with Gasteiger partial charge in [0.25, 0.3) is 10.0 Å². The molecular weight excluding hydrogens is 298 g/mol. The molecule has 0 amide bonds. The van der Waals surface area contributed by atoms with Gasteiger partial charge in [-0.05, 0) is 32.0 Å². The number of aryl methyl sites for hydroxylation is 2. The molecule has 0 saturated carbocycles. The van der Waals surface area contributed by atoms with Crippen molar-refractivity contribution in [3.8, 4) is 5.75 Å². The Kier molecular flexibility index (Phi) is 3.87. The van der Waals surface area contributed by atoms with Crippen molar-refractivity contribution in [3.05, 3.63) is 28.8 Å². The normalized spacial score (nSPS) is 11.3. The third kappa shape index (κ3) is 2.86. The molecule has 0 atom stereocenters. The van der Waals surface area contributed by atoms with Gasteiger partial charge in [0.1, 0.15) is 10.6 Å². The minimum atomic E-state index is -3.79. The third-order valence-corrected chi connectivity index (χ3v) is 5.21. The lowest BCUT2D eigenvalue weighted by Crippen LogP contribution is -2.14. The van der Waals surface area contributed by atoms with Crippen molar-refractivity contribution in [3.63, 3.8) is 0 Å². The van der Waals surface area contributed by atoms with Crippen molar-refractivity contribution in [1.82, 2.24) is 4.98 Å². The molecule has 2 rings (SSSR count). The zero-order valence-corrected chi connectivity index (χ0v) is 12.9. The number of thiazole rings is 1. The van der Waals surface area contributed by atoms with E-state index in [1.807, 2.05) is 13.8 Å². The van der Waals surface area contributed by atoms with E-state index in [4.69, 9.17) is 10.5 Å². The van der Waals surface area contributed by atoms with Crippen LogP contribution in [0.25, 0.3) is 0 Å². The highest BCUT2D eigenvalue weighted by Gasteiger charge is 2.21. The van der Waals surface area contributed by atoms with E-state index < -0.39 is 10.0 Å². The monoisotopic (exact) mass is 313 g/mol. The van der Waals surface area contributed by atoms with Gasteiger partial charge >= 0.3 is 0 Å². The molecule has 0 aliphatic carbocycles. The van der Waals surface area contributed by atoms with Gasteiger partial charge in [-0.15, -0.1) is 11.3 Å². The van der Waals surface area contributed by atoms with Crippen molar-refractivity contribution in [2.24, 2.45) is 0 Å². The van der Waals surface area contributed by atoms with E-state index in [2.05, 4.69) is 9.71 Å². The molecule has 20 heavy (non-hydrogen) atoms. The fourth-order valence-corrected chi connectivity index (χ4v) is 3.84. The maximum Gasteiger partial charge on any atom is 0.267 e. The number of sulfonamides is 1. The van der Waals surface area contributed by atoms with E-state index >= 15 is 0 Å². The number of aromatic nitrogens is 1. The Morgan fingerprint density at radius 3 is 2.60 bits per heavy atom. The number of nitrogens with two attached hydrogens (primary N) is 1. The second kappa shape index (κ2) is 5.29. The Hall–Kier alpha value is -1.80. The van der Waals surface area contributed by atoms with Crippen LogP contribution < -0.4 is 15.2 Å². The predicted molar refractivity (Wildman–Crippen MR) is 79.8 cm³/mol. The van der Waals surface area contributed by atoms with Gasteiger partial charge in [-0.25, -0.2) is 13.4 Å². The van der Waals surface area contributed by atoms with Crippen molar-refractivity contribution >= 4 is 32.2 Å². The summed E-state index contributed by atoms with van der Waals surface area (Å²) >= 11 is 1.28. The third-order valence-electron chi connectivity index (χ3n) is 2.73. The number of methoxy groups -OCH3 is 1. The minimum Gasteiger partial charge on any atom is -0.495 e. The lowest BCUT2D eigenvalue weighted by atomic mass is 10.3. The molecule has 108 valence electrons. The van der Waals surface area contributed by atoms with E-state index in [0.717, 1.165) is 10.6 Å². The first-order valence-electron chi connectivity index (χ1n) is 5.74. The highest BCUT2D eigenvalue weighted by Crippen LogP contribution is 2.29. The molecule has 0 unspecified atom stereocenters. The van der Waals surface area contributed by atoms with Crippen molar-refractivity contribution in [1.29, 1.82) is 0 Å². The van der Waals surface area contributed by atoms with E-state index in [1.54, 1.807) is 6.07 Å². The lowest BCUT2D eigenvalue weighted by Gasteiger charge is -2.10. The molecule has 8 heteroatoms. The summed E-state index contributed by atoms with van der Waals surface area (Å²) in [5, 5.41) is 0.324. The highest BCUT2D eigenvalue weighted by molar-refractivity contribution is 7.93. The first-order valence-corrected chi connectivity index (χ1v) is 8.04. The number of hydrogen-bond acceptors (Lipinski definition) is 6. The first-order chi connectivity index (χ1) is 9.33. The van der Waals surface area contributed by atoms with Gasteiger partial charge in [0.05, 0.1) is 12.8 Å². The van der Waals surface area contributed by atoms with Crippen LogP contribution in [0.15, 0.2) is 23.1 Å². The molecular formula is C12H15N3O3S2. The number of ether oxygens (including phenoxy) is 1. The molecule has 0 radical (unpaired) electrons. The van der Waals surface area contributed by atoms with Gasteiger partial charge in [0, 0.05) is 10.6 Å². The first kappa shape index (κ1) is 14.6. The maximum atomic E-state index is 12.4. The Bertz CT molecular complexity index is 719. The van der Waals surface area contributed by atoms with Crippen LogP contribution in [-0.4, -0.2) is 20.5 Å². The van der Waals surface area contributed by atoms with Crippen molar-refractivity contribution in [2.75, 3.05) is 17.6 Å². The van der Waals surface area contributed by atoms with Crippen LogP contribution in [0.4, 0.5) is 10.8 Å². The predicted octanol–water partition coefficient (Wildman–Crippen LogP) is 2.15. The zero-order valence-electron chi connectivity index (χ0n) is 11.3. The maximum absolute atomic E-state index is 12.4. The summed E-state index contributed by atoms with van der Waals surface area (Å²) < 4.78 is 32.3. The van der Waals surface area contributed by atoms with Crippen LogP contribution in [0.2, 0.25) is 0 Å². The topological polar surface area (TPSA) is 94.3 Å². The van der Waals surface area contributed by atoms with Gasteiger partial charge in [0.2, 0.25) is 0 Å². The number of nitrogens with one attached hydrogen (secondary N) is 1. The Morgan fingerprint density at radius 1 is 1.35 bits per heavy atom. The molecule has 1 heterocycles. The van der Waals surface area contributed by atoms with E-state index in [1.165, 1.54) is 30.6 Å². The lowest BCUT2D eigenvalue weighted by molar-refractivity contribution is 0.403. The Balaban J connectivity index is 2.42. The summed E-state index contributed by atoms with van der Waals surface area (Å²) in [5.74, 6) is 0.233. The fourth-order valence-electron chi connectivity index (χ4n) is 1.59. The minimum absolute atomic E-state index is 0.00879. The molecule has 3 N–H and O–H groups in total. The molecule has 2 aromatic rings. The average molecular weight is 313 g/mol. The molecule has 0 aliphatic heterocycles. The number of hydrogen-bond donors (Lipinski definition) is 2. The summed E-state index contributed by atoms with van der Waals surface area (Å²) in [4.78, 5) is 5.11. The van der Waals surface area contributed by atoms with Crippen LogP contribution in [0.1, 0.15) is 10.6 Å². The number of rotatable bonds is 4. The molecule has 6 nitrogen and oxygen atoms in total. The Labute approximate surface area is 121 Å². The largest absolute Gasteiger partial charge is 0.495 e. The van der Waals surface area contributed by atoms with Gasteiger partial charge in [-0.2, -0.15) is 0 Å². The average Bonchev–Trinajstić information content (AvgIpc) is 2.67. The number of nitrogen functional groups attached to an aromatic ring is 1. The molecule has 0 aliphatic rings. The molecule has 0 fully saturated rings. The van der Waals surface area contributed by atoms with Gasteiger partial charge < -0.3 is 10.5 Å². The smallest absolute Gasteiger partial charge is 0.267 e. The van der Waals surface area contributed by atoms with Crippen molar-refractivity contribution in [2.45, 2.75) is 18.7 Å². The van der Waals surface area contributed by atoms with Crippen LogP contribution in [0.3, 0.4) is 0 Å². The Morgan fingerprint density at radius 2 is 2.05 bits per heavy atom. The van der Waals surface area contributed by atoms with E-state index in [0.29, 0.717) is 10.8 Å². The van der Waals surface area contributed by atoms with Gasteiger partial charge in [-0.1, -0.05) is 0 Å². The second-order valence-electron chi connectivity index (χ2n) is 4.18. The van der Waals surface area contributed by atoms with E-state index in [9.17, 15) is 8.42 Å². The molecule has 1 aromatic carbocycles. The quantitative estimate of drug-likeness (QED) is 0.843. The second-order valence-corrected chi connectivity index (χ2v) is 7.03. The SMILES string of the molecule is COc1ccc(N)cc1S(=O)(=O)Nc1nc(C)c(C)s1. The van der Waals surface area contributed by atoms with Crippen LogP contribution in [0.5, 0.6) is 5.75 Å². The number of anilines is 2. The number of benzene rings is 1. The van der Waals surface area contributed by atoms with E-state index in [-0.39, 0.29) is 10.6 Å². The van der Waals surface area contributed by atoms with Gasteiger partial charge in [0.15, 0.2) is 5.13 Å². The molecule has 1 aromatic heterocycles. The molecule has 0 spiro atoms. The summed E-state index contributed by atoms with van der Waals surface area (Å²) in [6.07, 6.45) is 0.